The molecule has 19 heavy (non-hydrogen) atoms. The monoisotopic (exact) mass is 277 g/mol. The van der Waals surface area contributed by atoms with Crippen LogP contribution >= 0.6 is 11.6 Å². The fourth-order valence-electron chi connectivity index (χ4n) is 1.73. The van der Waals surface area contributed by atoms with Crippen molar-refractivity contribution >= 4 is 17.3 Å². The molecule has 98 valence electrons. The third-order valence-electron chi connectivity index (χ3n) is 2.57. The van der Waals surface area contributed by atoms with Crippen molar-refractivity contribution in [3.8, 4) is 11.3 Å². The number of nitro groups is 1. The molecule has 1 heterocycles. The van der Waals surface area contributed by atoms with Crippen molar-refractivity contribution < 1.29 is 4.92 Å². The molecule has 0 unspecified atom stereocenters. The van der Waals surface area contributed by atoms with Crippen molar-refractivity contribution in [2.24, 2.45) is 0 Å². The van der Waals surface area contributed by atoms with E-state index in [0.29, 0.717) is 22.2 Å². The summed E-state index contributed by atoms with van der Waals surface area (Å²) in [5, 5.41) is 11.1. The van der Waals surface area contributed by atoms with Gasteiger partial charge in [0.1, 0.15) is 11.0 Å². The first-order valence-electron chi connectivity index (χ1n) is 5.88. The molecule has 0 saturated heterocycles. The number of nitrogens with zero attached hydrogens (tertiary/aromatic N) is 3. The second kappa shape index (κ2) is 5.75. The molecule has 0 fully saturated rings. The van der Waals surface area contributed by atoms with Gasteiger partial charge in [-0.25, -0.2) is 9.97 Å². The van der Waals surface area contributed by atoms with E-state index >= 15 is 0 Å². The molecule has 0 aliphatic heterocycles. The molecule has 0 aliphatic rings. The summed E-state index contributed by atoms with van der Waals surface area (Å²) in [6.07, 6.45) is 1.64. The van der Waals surface area contributed by atoms with Gasteiger partial charge in [0, 0.05) is 30.2 Å². The van der Waals surface area contributed by atoms with Crippen molar-refractivity contribution in [1.29, 1.82) is 0 Å². The van der Waals surface area contributed by atoms with Gasteiger partial charge in [0.05, 0.1) is 10.6 Å². The minimum Gasteiger partial charge on any atom is -0.258 e. The van der Waals surface area contributed by atoms with Crippen LogP contribution in [0.4, 0.5) is 5.69 Å². The highest BCUT2D eigenvalue weighted by Gasteiger charge is 2.10. The molecule has 0 aliphatic carbocycles. The Morgan fingerprint density at radius 3 is 2.79 bits per heavy atom. The van der Waals surface area contributed by atoms with Crippen LogP contribution < -0.4 is 0 Å². The van der Waals surface area contributed by atoms with Crippen molar-refractivity contribution in [3.63, 3.8) is 0 Å². The lowest BCUT2D eigenvalue weighted by Crippen LogP contribution is -1.97. The highest BCUT2D eigenvalue weighted by atomic mass is 35.5. The Morgan fingerprint density at radius 2 is 2.11 bits per heavy atom. The SMILES string of the molecule is CCCc1nc(Cl)cc(-c2cccc([N+](=O)[O-])c2)n1. The Labute approximate surface area is 115 Å². The van der Waals surface area contributed by atoms with Crippen LogP contribution in [0.15, 0.2) is 30.3 Å². The zero-order chi connectivity index (χ0) is 13.8. The number of hydrogen-bond acceptors (Lipinski definition) is 4. The summed E-state index contributed by atoms with van der Waals surface area (Å²) in [5.74, 6) is 0.650. The first-order chi connectivity index (χ1) is 9.10. The maximum absolute atomic E-state index is 10.8. The van der Waals surface area contributed by atoms with E-state index in [9.17, 15) is 10.1 Å². The van der Waals surface area contributed by atoms with Gasteiger partial charge < -0.3 is 0 Å². The smallest absolute Gasteiger partial charge is 0.258 e. The van der Waals surface area contributed by atoms with Crippen molar-refractivity contribution in [2.45, 2.75) is 19.8 Å². The highest BCUT2D eigenvalue weighted by Crippen LogP contribution is 2.24. The van der Waals surface area contributed by atoms with E-state index in [1.807, 2.05) is 6.92 Å². The maximum Gasteiger partial charge on any atom is 0.270 e. The van der Waals surface area contributed by atoms with E-state index in [2.05, 4.69) is 9.97 Å². The largest absolute Gasteiger partial charge is 0.270 e. The Bertz CT molecular complexity index is 617. The van der Waals surface area contributed by atoms with E-state index in [1.54, 1.807) is 18.2 Å². The number of nitro benzene ring substituents is 1. The quantitative estimate of drug-likeness (QED) is 0.486. The van der Waals surface area contributed by atoms with Crippen LogP contribution in [0.3, 0.4) is 0 Å². The first kappa shape index (κ1) is 13.4. The van der Waals surface area contributed by atoms with Crippen molar-refractivity contribution in [1.82, 2.24) is 9.97 Å². The van der Waals surface area contributed by atoms with Gasteiger partial charge in [0.25, 0.3) is 5.69 Å². The fraction of sp³-hybridized carbons (Fsp3) is 0.231. The Kier molecular flexibility index (Phi) is 4.06. The maximum atomic E-state index is 10.8. The van der Waals surface area contributed by atoms with Crippen LogP contribution in [0.1, 0.15) is 19.2 Å². The number of hydrogen-bond donors (Lipinski definition) is 0. The molecule has 0 saturated carbocycles. The standard InChI is InChI=1S/C13H12ClN3O2/c1-2-4-13-15-11(8-12(14)16-13)9-5-3-6-10(7-9)17(18)19/h3,5-8H,2,4H2,1H3. The Morgan fingerprint density at radius 1 is 1.32 bits per heavy atom. The average molecular weight is 278 g/mol. The van der Waals surface area contributed by atoms with Crippen molar-refractivity contribution in [3.05, 3.63) is 51.4 Å². The molecule has 0 N–H and O–H groups in total. The lowest BCUT2D eigenvalue weighted by Gasteiger charge is -2.04. The molecule has 0 atom stereocenters. The fourth-order valence-corrected chi connectivity index (χ4v) is 1.93. The third-order valence-corrected chi connectivity index (χ3v) is 2.76. The van der Waals surface area contributed by atoms with Gasteiger partial charge in [-0.05, 0) is 6.42 Å². The predicted octanol–water partition coefficient (Wildman–Crippen LogP) is 3.66. The molecule has 6 heteroatoms. The number of halogens is 1. The average Bonchev–Trinajstić information content (AvgIpc) is 2.38. The third kappa shape index (κ3) is 3.26. The summed E-state index contributed by atoms with van der Waals surface area (Å²) < 4.78 is 0. The molecular weight excluding hydrogens is 266 g/mol. The summed E-state index contributed by atoms with van der Waals surface area (Å²) in [6, 6.07) is 7.93. The molecule has 0 bridgehead atoms. The minimum absolute atomic E-state index is 0.0317. The van der Waals surface area contributed by atoms with Crippen LogP contribution in [0.25, 0.3) is 11.3 Å². The molecule has 1 aromatic heterocycles. The molecule has 0 amide bonds. The lowest BCUT2D eigenvalue weighted by atomic mass is 10.1. The second-order valence-electron chi connectivity index (χ2n) is 4.05. The number of aryl methyl sites for hydroxylation is 1. The number of benzene rings is 1. The van der Waals surface area contributed by atoms with Crippen LogP contribution in [0.2, 0.25) is 5.15 Å². The zero-order valence-corrected chi connectivity index (χ0v) is 11.1. The molecule has 2 aromatic rings. The van der Waals surface area contributed by atoms with Crippen LogP contribution in [0.5, 0.6) is 0 Å². The molecule has 5 nitrogen and oxygen atoms in total. The molecule has 2 rings (SSSR count). The summed E-state index contributed by atoms with van der Waals surface area (Å²) in [4.78, 5) is 18.8. The lowest BCUT2D eigenvalue weighted by molar-refractivity contribution is -0.384. The first-order valence-corrected chi connectivity index (χ1v) is 6.26. The van der Waals surface area contributed by atoms with Gasteiger partial charge in [0.2, 0.25) is 0 Å². The van der Waals surface area contributed by atoms with Gasteiger partial charge in [-0.15, -0.1) is 0 Å². The van der Waals surface area contributed by atoms with Gasteiger partial charge in [-0.2, -0.15) is 0 Å². The van der Waals surface area contributed by atoms with Crippen LogP contribution in [-0.4, -0.2) is 14.9 Å². The van der Waals surface area contributed by atoms with E-state index in [-0.39, 0.29) is 5.69 Å². The molecule has 0 spiro atoms. The van der Waals surface area contributed by atoms with E-state index in [1.165, 1.54) is 12.1 Å². The minimum atomic E-state index is -0.431. The van der Waals surface area contributed by atoms with Crippen molar-refractivity contribution in [2.75, 3.05) is 0 Å². The molecule has 0 radical (unpaired) electrons. The van der Waals surface area contributed by atoms with Crippen LogP contribution in [0, 0.1) is 10.1 Å². The Balaban J connectivity index is 2.46. The number of non-ortho nitro benzene ring substituents is 1. The van der Waals surface area contributed by atoms with Gasteiger partial charge >= 0.3 is 0 Å². The predicted molar refractivity (Wildman–Crippen MR) is 73.1 cm³/mol. The van der Waals surface area contributed by atoms with E-state index in [0.717, 1.165) is 12.8 Å². The second-order valence-corrected chi connectivity index (χ2v) is 4.44. The topological polar surface area (TPSA) is 68.9 Å². The Hall–Kier alpha value is -2.01. The van der Waals surface area contributed by atoms with E-state index < -0.39 is 4.92 Å². The van der Waals surface area contributed by atoms with Crippen LogP contribution in [-0.2, 0) is 6.42 Å². The normalized spacial score (nSPS) is 10.4. The summed E-state index contributed by atoms with van der Waals surface area (Å²) >= 11 is 5.95. The highest BCUT2D eigenvalue weighted by molar-refractivity contribution is 6.29. The summed E-state index contributed by atoms with van der Waals surface area (Å²) in [6.45, 7) is 2.03. The van der Waals surface area contributed by atoms with Gasteiger partial charge in [0.15, 0.2) is 0 Å². The summed E-state index contributed by atoms with van der Waals surface area (Å²) in [7, 11) is 0. The van der Waals surface area contributed by atoms with Gasteiger partial charge in [-0.3, -0.25) is 10.1 Å². The van der Waals surface area contributed by atoms with E-state index in [4.69, 9.17) is 11.6 Å². The number of aromatic nitrogens is 2. The van der Waals surface area contributed by atoms with Gasteiger partial charge in [-0.1, -0.05) is 30.7 Å². The zero-order valence-electron chi connectivity index (χ0n) is 10.3. The number of rotatable bonds is 4. The summed E-state index contributed by atoms with van der Waals surface area (Å²) in [5.41, 5.74) is 1.30. The molecule has 1 aromatic carbocycles. The molecular formula is C13H12ClN3O2.